The quantitative estimate of drug-likeness (QED) is 0.496. The molecule has 0 aromatic heterocycles. The fourth-order valence-electron chi connectivity index (χ4n) is 7.91. The molecule has 0 radical (unpaired) electrons. The third kappa shape index (κ3) is 2.18. The summed E-state index contributed by atoms with van der Waals surface area (Å²) >= 11 is 0. The standard InChI is InChI=1S/C23H30O6/c1-12(24)28-18-11-14-19-13(4-7-22(14,3)23(18)26-8-9-27-23)21(2)6-5-17-20(29-17)15(21)10-16(19)25/h10,13-14,17-20H,4-9,11H2,1-3H3/t13-,14-,17+,18+,19+,20-,21+,22-/m0/s1. The Labute approximate surface area is 171 Å². The molecule has 29 heavy (non-hydrogen) atoms. The van der Waals surface area contributed by atoms with Crippen LogP contribution in [0.1, 0.15) is 52.9 Å². The third-order valence-corrected chi connectivity index (χ3v) is 9.31. The lowest BCUT2D eigenvalue weighted by atomic mass is 9.47. The number of epoxide rings is 1. The van der Waals surface area contributed by atoms with E-state index in [1.165, 1.54) is 12.5 Å². The summed E-state index contributed by atoms with van der Waals surface area (Å²) in [7, 11) is 0. The summed E-state index contributed by atoms with van der Waals surface area (Å²) < 4.78 is 24.0. The van der Waals surface area contributed by atoms with E-state index in [1.54, 1.807) is 0 Å². The smallest absolute Gasteiger partial charge is 0.303 e. The van der Waals surface area contributed by atoms with E-state index in [9.17, 15) is 9.59 Å². The number of carbonyl (C=O) groups excluding carboxylic acids is 2. The van der Waals surface area contributed by atoms with Crippen LogP contribution in [0.25, 0.3) is 0 Å². The van der Waals surface area contributed by atoms with Crippen LogP contribution >= 0.6 is 0 Å². The van der Waals surface area contributed by atoms with Gasteiger partial charge in [0.1, 0.15) is 6.10 Å². The maximum atomic E-state index is 13.5. The van der Waals surface area contributed by atoms with Crippen LogP contribution in [0.4, 0.5) is 0 Å². The summed E-state index contributed by atoms with van der Waals surface area (Å²) in [5.41, 5.74) is 0.929. The normalized spacial score (nSPS) is 51.6. The Morgan fingerprint density at radius 3 is 2.62 bits per heavy atom. The van der Waals surface area contributed by atoms with E-state index < -0.39 is 11.9 Å². The Morgan fingerprint density at radius 2 is 1.90 bits per heavy atom. The molecule has 0 aromatic carbocycles. The van der Waals surface area contributed by atoms with Crippen LogP contribution in [0, 0.1) is 28.6 Å². The van der Waals surface area contributed by atoms with Crippen molar-refractivity contribution in [1.82, 2.24) is 0 Å². The number of ketones is 1. The van der Waals surface area contributed by atoms with Crippen LogP contribution in [-0.4, -0.2) is 49.1 Å². The van der Waals surface area contributed by atoms with Gasteiger partial charge in [-0.05, 0) is 61.0 Å². The van der Waals surface area contributed by atoms with Gasteiger partial charge in [0.05, 0.1) is 19.3 Å². The first kappa shape index (κ1) is 18.5. The molecule has 2 saturated heterocycles. The zero-order chi connectivity index (χ0) is 20.2. The molecule has 5 fully saturated rings. The minimum absolute atomic E-state index is 0.0294. The third-order valence-electron chi connectivity index (χ3n) is 9.31. The Morgan fingerprint density at radius 1 is 1.14 bits per heavy atom. The number of hydrogen-bond acceptors (Lipinski definition) is 6. The molecular weight excluding hydrogens is 372 g/mol. The first-order chi connectivity index (χ1) is 13.8. The van der Waals surface area contributed by atoms with E-state index in [-0.39, 0.29) is 40.5 Å². The molecule has 8 atom stereocenters. The number of fused-ring (bicyclic) bond motifs is 8. The van der Waals surface area contributed by atoms with Gasteiger partial charge < -0.3 is 18.9 Å². The monoisotopic (exact) mass is 402 g/mol. The minimum Gasteiger partial charge on any atom is -0.457 e. The maximum absolute atomic E-state index is 13.5. The number of hydrogen-bond donors (Lipinski definition) is 0. The molecule has 6 rings (SSSR count). The summed E-state index contributed by atoms with van der Waals surface area (Å²) in [4.78, 5) is 25.3. The summed E-state index contributed by atoms with van der Waals surface area (Å²) in [6.07, 6.45) is 6.65. The number of esters is 1. The Kier molecular flexibility index (Phi) is 3.65. The van der Waals surface area contributed by atoms with Crippen molar-refractivity contribution in [2.45, 2.75) is 77.0 Å². The lowest BCUT2D eigenvalue weighted by Gasteiger charge is -2.56. The van der Waals surface area contributed by atoms with Gasteiger partial charge in [-0.1, -0.05) is 13.8 Å². The molecule has 0 bridgehead atoms. The molecule has 4 aliphatic carbocycles. The topological polar surface area (TPSA) is 74.4 Å². The lowest BCUT2D eigenvalue weighted by molar-refractivity contribution is -0.276. The van der Waals surface area contributed by atoms with Crippen molar-refractivity contribution in [2.75, 3.05) is 13.2 Å². The van der Waals surface area contributed by atoms with Crippen molar-refractivity contribution >= 4 is 11.8 Å². The zero-order valence-corrected chi connectivity index (χ0v) is 17.4. The Balaban J connectivity index is 1.42. The van der Waals surface area contributed by atoms with Gasteiger partial charge >= 0.3 is 5.97 Å². The average molecular weight is 402 g/mol. The highest BCUT2D eigenvalue weighted by Gasteiger charge is 2.73. The van der Waals surface area contributed by atoms with Gasteiger partial charge in [0.2, 0.25) is 5.79 Å². The van der Waals surface area contributed by atoms with Crippen molar-refractivity contribution < 1.29 is 28.5 Å². The molecule has 0 amide bonds. The number of rotatable bonds is 1. The summed E-state index contributed by atoms with van der Waals surface area (Å²) in [6, 6.07) is 0. The molecule has 6 heteroatoms. The average Bonchev–Trinajstić information content (AvgIpc) is 3.20. The van der Waals surface area contributed by atoms with Crippen molar-refractivity contribution in [1.29, 1.82) is 0 Å². The van der Waals surface area contributed by atoms with Crippen LogP contribution < -0.4 is 0 Å². The van der Waals surface area contributed by atoms with E-state index in [0.717, 1.165) is 25.7 Å². The van der Waals surface area contributed by atoms with Crippen LogP contribution in [0.2, 0.25) is 0 Å². The summed E-state index contributed by atoms with van der Waals surface area (Å²) in [5.74, 6) is -0.678. The molecule has 6 nitrogen and oxygen atoms in total. The van der Waals surface area contributed by atoms with Gasteiger partial charge in [0, 0.05) is 18.3 Å². The second kappa shape index (κ2) is 5.71. The van der Waals surface area contributed by atoms with Crippen LogP contribution in [-0.2, 0) is 28.5 Å². The van der Waals surface area contributed by atoms with Gasteiger partial charge in [-0.15, -0.1) is 0 Å². The fourth-order valence-corrected chi connectivity index (χ4v) is 7.91. The first-order valence-electron chi connectivity index (χ1n) is 11.2. The lowest BCUT2D eigenvalue weighted by Crippen LogP contribution is -2.59. The highest BCUT2D eigenvalue weighted by Crippen LogP contribution is 2.69. The SMILES string of the molecule is CC(=O)O[C@@H]1C[C@H]2[C@@H]3C(=O)C=C4[C@@H]5O[C@@H]5CC[C@]4(C)[C@H]3CC[C@]2(C)C12OCCO2. The molecule has 6 aliphatic rings. The minimum atomic E-state index is -0.920. The van der Waals surface area contributed by atoms with Crippen LogP contribution in [0.5, 0.6) is 0 Å². The molecular formula is C23H30O6. The fraction of sp³-hybridized carbons (Fsp3) is 0.826. The predicted octanol–water partition coefficient (Wildman–Crippen LogP) is 2.79. The Hall–Kier alpha value is -1.24. The van der Waals surface area contributed by atoms with Crippen LogP contribution in [0.3, 0.4) is 0 Å². The zero-order valence-electron chi connectivity index (χ0n) is 17.4. The van der Waals surface area contributed by atoms with Gasteiger partial charge in [0.15, 0.2) is 11.9 Å². The van der Waals surface area contributed by atoms with Crippen molar-refractivity contribution in [3.63, 3.8) is 0 Å². The van der Waals surface area contributed by atoms with Crippen molar-refractivity contribution in [3.8, 4) is 0 Å². The van der Waals surface area contributed by atoms with Crippen molar-refractivity contribution in [3.05, 3.63) is 11.6 Å². The van der Waals surface area contributed by atoms with Gasteiger partial charge in [0.25, 0.3) is 0 Å². The largest absolute Gasteiger partial charge is 0.457 e. The summed E-state index contributed by atoms with van der Waals surface area (Å²) in [6.45, 7) is 6.99. The van der Waals surface area contributed by atoms with Gasteiger partial charge in [-0.25, -0.2) is 0 Å². The van der Waals surface area contributed by atoms with E-state index in [1.807, 2.05) is 6.08 Å². The number of allylic oxidation sites excluding steroid dienone is 1. The number of ether oxygens (including phenoxy) is 4. The van der Waals surface area contributed by atoms with E-state index >= 15 is 0 Å². The molecule has 2 heterocycles. The summed E-state index contributed by atoms with van der Waals surface area (Å²) in [5, 5.41) is 0. The van der Waals surface area contributed by atoms with Crippen LogP contribution in [0.15, 0.2) is 11.6 Å². The van der Waals surface area contributed by atoms with E-state index in [2.05, 4.69) is 13.8 Å². The predicted molar refractivity (Wildman–Crippen MR) is 102 cm³/mol. The highest BCUT2D eigenvalue weighted by molar-refractivity contribution is 5.95. The molecule has 0 aromatic rings. The molecule has 0 unspecified atom stereocenters. The molecule has 2 aliphatic heterocycles. The first-order valence-corrected chi connectivity index (χ1v) is 11.2. The molecule has 158 valence electrons. The van der Waals surface area contributed by atoms with E-state index in [0.29, 0.717) is 31.7 Å². The van der Waals surface area contributed by atoms with Gasteiger partial charge in [-0.3, -0.25) is 9.59 Å². The van der Waals surface area contributed by atoms with Gasteiger partial charge in [-0.2, -0.15) is 0 Å². The highest BCUT2D eigenvalue weighted by atomic mass is 16.8. The molecule has 0 N–H and O–H groups in total. The second-order valence-corrected chi connectivity index (χ2v) is 10.4. The second-order valence-electron chi connectivity index (χ2n) is 10.4. The van der Waals surface area contributed by atoms with Crippen molar-refractivity contribution in [2.24, 2.45) is 28.6 Å². The maximum Gasteiger partial charge on any atom is 0.303 e. The Bertz CT molecular complexity index is 812. The molecule has 3 saturated carbocycles. The number of carbonyl (C=O) groups is 2. The van der Waals surface area contributed by atoms with E-state index in [4.69, 9.17) is 18.9 Å². The molecule has 1 spiro atoms.